The Morgan fingerprint density at radius 1 is 1.21 bits per heavy atom. The predicted molar refractivity (Wildman–Crippen MR) is 60.1 cm³/mol. The van der Waals surface area contributed by atoms with Gasteiger partial charge in [0.25, 0.3) is 8.08 Å². The fraction of sp³-hybridized carbons (Fsp3) is 0.714. The van der Waals surface area contributed by atoms with Crippen molar-refractivity contribution in [2.45, 2.75) is 13.0 Å². The zero-order chi connectivity index (χ0) is 11.2. The molecule has 1 atom stereocenters. The lowest BCUT2D eigenvalue weighted by molar-refractivity contribution is 0.155. The van der Waals surface area contributed by atoms with Crippen molar-refractivity contribution in [3.8, 4) is 0 Å². The molecule has 4 nitrogen and oxygen atoms in total. The van der Waals surface area contributed by atoms with Gasteiger partial charge in [-0.1, -0.05) is 13.5 Å². The Labute approximate surface area is 91.0 Å². The molecule has 7 heteroatoms. The smallest absolute Gasteiger partial charge is 0.401 e. The van der Waals surface area contributed by atoms with Gasteiger partial charge in [-0.25, -0.2) is 0 Å². The van der Waals surface area contributed by atoms with Crippen molar-refractivity contribution >= 4 is 26.6 Å². The van der Waals surface area contributed by atoms with Crippen molar-refractivity contribution in [1.82, 2.24) is 0 Å². The molecule has 0 aromatic heterocycles. The summed E-state index contributed by atoms with van der Waals surface area (Å²) in [6.45, 7) is 5.64. The van der Waals surface area contributed by atoms with Crippen LogP contribution in [0.25, 0.3) is 0 Å². The summed E-state index contributed by atoms with van der Waals surface area (Å²) in [6.07, 6.45) is 0. The van der Waals surface area contributed by atoms with E-state index < -0.39 is 16.9 Å². The van der Waals surface area contributed by atoms with E-state index in [0.29, 0.717) is 0 Å². The van der Waals surface area contributed by atoms with Crippen molar-refractivity contribution in [3.63, 3.8) is 0 Å². The highest BCUT2D eigenvalue weighted by atomic mass is 29.2. The first-order chi connectivity index (χ1) is 6.51. The maximum absolute atomic E-state index is 5.78. The molecule has 0 amide bonds. The lowest BCUT2D eigenvalue weighted by atomic mass is 11.0. The van der Waals surface area contributed by atoms with Crippen LogP contribution in [0.3, 0.4) is 0 Å². The van der Waals surface area contributed by atoms with E-state index in [1.165, 1.54) is 0 Å². The molecular formula is C7H17O4Si3. The van der Waals surface area contributed by atoms with E-state index in [4.69, 9.17) is 17.4 Å². The SMILES string of the molecule is C=C[Si](OC)(OC)O[Si]([Si])(CC)OC. The Bertz CT molecular complexity index is 180. The molecule has 0 N–H and O–H groups in total. The summed E-state index contributed by atoms with van der Waals surface area (Å²) >= 11 is 0. The van der Waals surface area contributed by atoms with Crippen LogP contribution in [-0.2, 0) is 17.4 Å². The third-order valence-corrected chi connectivity index (χ3v) is 10.2. The van der Waals surface area contributed by atoms with Gasteiger partial charge in [-0.15, -0.1) is 0 Å². The van der Waals surface area contributed by atoms with E-state index in [1.807, 2.05) is 6.92 Å². The van der Waals surface area contributed by atoms with Gasteiger partial charge in [-0.2, -0.15) is 0 Å². The number of hydrogen-bond acceptors (Lipinski definition) is 4. The average molecular weight is 249 g/mol. The van der Waals surface area contributed by atoms with Gasteiger partial charge in [0.05, 0.1) is 9.76 Å². The molecular weight excluding hydrogens is 232 g/mol. The minimum Gasteiger partial charge on any atom is -0.401 e. The van der Waals surface area contributed by atoms with Crippen molar-refractivity contribution in [2.75, 3.05) is 21.3 Å². The Balaban J connectivity index is 4.64. The number of rotatable bonds is 7. The van der Waals surface area contributed by atoms with Crippen LogP contribution >= 0.6 is 0 Å². The van der Waals surface area contributed by atoms with Crippen LogP contribution in [0.5, 0.6) is 0 Å². The van der Waals surface area contributed by atoms with E-state index in [2.05, 4.69) is 16.3 Å². The lowest BCUT2D eigenvalue weighted by Gasteiger charge is -2.33. The molecule has 0 saturated carbocycles. The van der Waals surface area contributed by atoms with Gasteiger partial charge in [-0.3, -0.25) is 0 Å². The molecule has 0 aliphatic heterocycles. The van der Waals surface area contributed by atoms with Crippen LogP contribution in [0.15, 0.2) is 12.3 Å². The largest absolute Gasteiger partial charge is 0.519 e. The Hall–Kier alpha value is 0.231. The van der Waals surface area contributed by atoms with Gasteiger partial charge in [-0.05, 0) is 11.7 Å². The second-order valence-corrected chi connectivity index (χ2v) is 10.8. The first-order valence-corrected chi connectivity index (χ1v) is 9.58. The minimum absolute atomic E-state index is 0.760. The van der Waals surface area contributed by atoms with E-state index in [9.17, 15) is 0 Å². The normalized spacial score (nSPS) is 16.4. The molecule has 0 aromatic carbocycles. The summed E-state index contributed by atoms with van der Waals surface area (Å²) in [4.78, 5) is 0. The Morgan fingerprint density at radius 2 is 1.71 bits per heavy atom. The highest BCUT2D eigenvalue weighted by Gasteiger charge is 2.44. The van der Waals surface area contributed by atoms with Crippen molar-refractivity contribution in [2.24, 2.45) is 0 Å². The van der Waals surface area contributed by atoms with E-state index >= 15 is 0 Å². The topological polar surface area (TPSA) is 36.9 Å². The number of hydrogen-bond donors (Lipinski definition) is 0. The van der Waals surface area contributed by atoms with E-state index in [0.717, 1.165) is 6.04 Å². The minimum atomic E-state index is -2.74. The zero-order valence-corrected chi connectivity index (χ0v) is 12.1. The molecule has 0 rings (SSSR count). The highest BCUT2D eigenvalue weighted by molar-refractivity contribution is 7.12. The van der Waals surface area contributed by atoms with Gasteiger partial charge < -0.3 is 17.4 Å². The summed E-state index contributed by atoms with van der Waals surface area (Å²) in [6, 6.07) is 0.760. The van der Waals surface area contributed by atoms with Crippen LogP contribution in [0.4, 0.5) is 0 Å². The molecule has 0 fully saturated rings. The van der Waals surface area contributed by atoms with Crippen molar-refractivity contribution in [3.05, 3.63) is 12.3 Å². The third-order valence-electron chi connectivity index (χ3n) is 1.92. The molecule has 0 aromatic rings. The summed E-state index contributed by atoms with van der Waals surface area (Å²) in [5, 5.41) is 0. The second kappa shape index (κ2) is 5.95. The van der Waals surface area contributed by atoms with Gasteiger partial charge >= 0.3 is 8.80 Å². The molecule has 0 saturated heterocycles. The van der Waals surface area contributed by atoms with E-state index in [-0.39, 0.29) is 0 Å². The van der Waals surface area contributed by atoms with Crippen LogP contribution < -0.4 is 0 Å². The van der Waals surface area contributed by atoms with Crippen LogP contribution in [0.2, 0.25) is 6.04 Å². The fourth-order valence-corrected chi connectivity index (χ4v) is 6.68. The summed E-state index contributed by atoms with van der Waals surface area (Å²) in [5.74, 6) is 0. The van der Waals surface area contributed by atoms with Gasteiger partial charge in [0.2, 0.25) is 0 Å². The molecule has 0 heterocycles. The van der Waals surface area contributed by atoms with Crippen molar-refractivity contribution in [1.29, 1.82) is 0 Å². The summed E-state index contributed by atoms with van der Waals surface area (Å²) < 4.78 is 21.6. The summed E-state index contributed by atoms with van der Waals surface area (Å²) in [5.41, 5.74) is 1.59. The highest BCUT2D eigenvalue weighted by Crippen LogP contribution is 2.17. The van der Waals surface area contributed by atoms with Gasteiger partial charge in [0.15, 0.2) is 0 Å². The third kappa shape index (κ3) is 3.42. The standard InChI is InChI=1S/C7H17O4Si3/c1-6-13(8-3,9-4)11-14(12,7-2)10-5/h6H,1,7H2,2-5H3. The monoisotopic (exact) mass is 249 g/mol. The van der Waals surface area contributed by atoms with Gasteiger partial charge in [0, 0.05) is 21.3 Å². The maximum Gasteiger partial charge on any atom is 0.519 e. The van der Waals surface area contributed by atoms with Crippen LogP contribution in [0.1, 0.15) is 6.92 Å². The van der Waals surface area contributed by atoms with Crippen LogP contribution in [0, 0.1) is 0 Å². The molecule has 0 spiro atoms. The zero-order valence-electron chi connectivity index (χ0n) is 9.12. The summed E-state index contributed by atoms with van der Waals surface area (Å²) in [7, 11) is 3.12. The molecule has 1 unspecified atom stereocenters. The first-order valence-electron chi connectivity index (χ1n) is 4.25. The molecule has 3 radical (unpaired) electrons. The quantitative estimate of drug-likeness (QED) is 0.624. The fourth-order valence-electron chi connectivity index (χ4n) is 0.863. The lowest BCUT2D eigenvalue weighted by Crippen LogP contribution is -2.55. The molecule has 0 aliphatic carbocycles. The molecule has 14 heavy (non-hydrogen) atoms. The van der Waals surface area contributed by atoms with Crippen LogP contribution in [-0.4, -0.2) is 48.0 Å². The Morgan fingerprint density at radius 3 is 1.93 bits per heavy atom. The first kappa shape index (κ1) is 14.2. The van der Waals surface area contributed by atoms with E-state index in [1.54, 1.807) is 27.0 Å². The maximum atomic E-state index is 5.78. The average Bonchev–Trinajstić information content (AvgIpc) is 2.26. The Kier molecular flexibility index (Phi) is 6.05. The second-order valence-electron chi connectivity index (χ2n) is 2.63. The molecule has 81 valence electrons. The molecule has 0 aliphatic rings. The predicted octanol–water partition coefficient (Wildman–Crippen LogP) is 0.734. The van der Waals surface area contributed by atoms with Crippen molar-refractivity contribution < 1.29 is 17.4 Å². The molecule has 0 bridgehead atoms. The van der Waals surface area contributed by atoms with Gasteiger partial charge in [0.1, 0.15) is 0 Å².